The van der Waals surface area contributed by atoms with Crippen LogP contribution >= 0.6 is 11.3 Å². The van der Waals surface area contributed by atoms with E-state index in [2.05, 4.69) is 5.32 Å². The van der Waals surface area contributed by atoms with E-state index in [4.69, 9.17) is 0 Å². The van der Waals surface area contributed by atoms with Crippen LogP contribution in [0.25, 0.3) is 0 Å². The Morgan fingerprint density at radius 3 is 2.50 bits per heavy atom. The largest absolute Gasteiger partial charge is 0.506 e. The minimum atomic E-state index is -3.59. The number of nitrogens with zero attached hydrogens (tertiary/aromatic N) is 1. The minimum Gasteiger partial charge on any atom is -0.506 e. The third kappa shape index (κ3) is 3.13. The number of carbonyl (C=O) groups is 1. The van der Waals surface area contributed by atoms with Crippen LogP contribution in [0.15, 0.2) is 35.2 Å². The third-order valence-corrected chi connectivity index (χ3v) is 6.13. The van der Waals surface area contributed by atoms with Gasteiger partial charge in [-0.3, -0.25) is 4.79 Å². The van der Waals surface area contributed by atoms with E-state index < -0.39 is 15.9 Å². The lowest BCUT2D eigenvalue weighted by Crippen LogP contribution is -2.22. The number of sulfonamides is 1. The zero-order chi connectivity index (χ0) is 16.5. The van der Waals surface area contributed by atoms with Gasteiger partial charge in [-0.1, -0.05) is 12.1 Å². The van der Waals surface area contributed by atoms with Gasteiger partial charge >= 0.3 is 0 Å². The molecule has 0 saturated carbocycles. The number of anilines is 1. The summed E-state index contributed by atoms with van der Waals surface area (Å²) in [4.78, 5) is 13.1. The molecule has 8 heteroatoms. The number of para-hydroxylation sites is 2. The Bertz CT molecular complexity index is 810. The Labute approximate surface area is 133 Å². The molecule has 0 radical (unpaired) electrons. The van der Waals surface area contributed by atoms with Crippen LogP contribution in [0.2, 0.25) is 0 Å². The van der Waals surface area contributed by atoms with Crippen LogP contribution in [0.4, 0.5) is 5.69 Å². The standard InChI is InChI=1S/C14H16N2O4S2/c1-9-13(22(19,20)16(2)3)8-12(21-9)14(18)15-10-6-4-5-7-11(10)17/h4-8,17H,1-3H3,(H,15,18). The molecule has 0 unspecified atom stereocenters. The molecule has 0 atom stereocenters. The first-order valence-corrected chi connectivity index (χ1v) is 8.61. The molecule has 118 valence electrons. The van der Waals surface area contributed by atoms with Gasteiger partial charge in [0.2, 0.25) is 10.0 Å². The molecule has 2 N–H and O–H groups in total. The topological polar surface area (TPSA) is 86.7 Å². The molecule has 2 rings (SSSR count). The van der Waals surface area contributed by atoms with Crippen LogP contribution in [0.1, 0.15) is 14.5 Å². The van der Waals surface area contributed by atoms with Crippen molar-refractivity contribution in [3.05, 3.63) is 40.1 Å². The van der Waals surface area contributed by atoms with Crippen LogP contribution in [0, 0.1) is 6.92 Å². The molecule has 2 aromatic rings. The quantitative estimate of drug-likeness (QED) is 0.836. The Morgan fingerprint density at radius 2 is 1.91 bits per heavy atom. The minimum absolute atomic E-state index is 0.0507. The maximum atomic E-state index is 12.2. The maximum Gasteiger partial charge on any atom is 0.265 e. The summed E-state index contributed by atoms with van der Waals surface area (Å²) in [6.07, 6.45) is 0. The van der Waals surface area contributed by atoms with Gasteiger partial charge in [0.1, 0.15) is 5.75 Å². The molecule has 0 aliphatic heterocycles. The van der Waals surface area contributed by atoms with Crippen LogP contribution in [-0.4, -0.2) is 37.8 Å². The summed E-state index contributed by atoms with van der Waals surface area (Å²) >= 11 is 1.09. The molecule has 1 aromatic carbocycles. The molecule has 1 amide bonds. The van der Waals surface area contributed by atoms with Crippen molar-refractivity contribution in [1.29, 1.82) is 0 Å². The summed E-state index contributed by atoms with van der Waals surface area (Å²) in [7, 11) is -0.710. The number of phenolic OH excluding ortho intramolecular Hbond substituents is 1. The highest BCUT2D eigenvalue weighted by Gasteiger charge is 2.24. The first-order chi connectivity index (χ1) is 10.2. The Balaban J connectivity index is 2.32. The number of phenols is 1. The summed E-state index contributed by atoms with van der Waals surface area (Å²) in [5.74, 6) is -0.514. The van der Waals surface area contributed by atoms with E-state index in [-0.39, 0.29) is 21.2 Å². The number of nitrogens with one attached hydrogen (secondary N) is 1. The van der Waals surface area contributed by atoms with Gasteiger partial charge in [0, 0.05) is 19.0 Å². The van der Waals surface area contributed by atoms with Gasteiger partial charge in [-0.05, 0) is 25.1 Å². The van der Waals surface area contributed by atoms with Crippen molar-refractivity contribution in [2.24, 2.45) is 0 Å². The van der Waals surface area contributed by atoms with Crippen molar-refractivity contribution in [2.45, 2.75) is 11.8 Å². The number of benzene rings is 1. The van der Waals surface area contributed by atoms with Gasteiger partial charge in [-0.2, -0.15) is 0 Å². The fourth-order valence-corrected chi connectivity index (χ4v) is 4.14. The van der Waals surface area contributed by atoms with Crippen molar-refractivity contribution in [3.8, 4) is 5.75 Å². The zero-order valence-corrected chi connectivity index (χ0v) is 14.0. The number of rotatable bonds is 4. The summed E-state index contributed by atoms with van der Waals surface area (Å²) in [5.41, 5.74) is 0.274. The second-order valence-electron chi connectivity index (χ2n) is 4.79. The van der Waals surface area contributed by atoms with Gasteiger partial charge < -0.3 is 10.4 Å². The highest BCUT2D eigenvalue weighted by Crippen LogP contribution is 2.29. The van der Waals surface area contributed by atoms with Crippen molar-refractivity contribution < 1.29 is 18.3 Å². The van der Waals surface area contributed by atoms with Gasteiger partial charge in [-0.25, -0.2) is 12.7 Å². The average Bonchev–Trinajstić information content (AvgIpc) is 2.84. The SMILES string of the molecule is Cc1sc(C(=O)Nc2ccccc2O)cc1S(=O)(=O)N(C)C. The zero-order valence-electron chi connectivity index (χ0n) is 12.3. The Kier molecular flexibility index (Phi) is 4.55. The van der Waals surface area contributed by atoms with E-state index in [1.54, 1.807) is 25.1 Å². The van der Waals surface area contributed by atoms with Crippen LogP contribution in [-0.2, 0) is 10.0 Å². The van der Waals surface area contributed by atoms with E-state index in [1.807, 2.05) is 0 Å². The second-order valence-corrected chi connectivity index (χ2v) is 8.17. The molecule has 0 fully saturated rings. The summed E-state index contributed by atoms with van der Waals surface area (Å²) in [6, 6.07) is 7.69. The number of carbonyl (C=O) groups excluding carboxylic acids is 1. The van der Waals surface area contributed by atoms with Gasteiger partial charge in [0.15, 0.2) is 0 Å². The molecule has 0 spiro atoms. The monoisotopic (exact) mass is 340 g/mol. The molecular weight excluding hydrogens is 324 g/mol. The maximum absolute atomic E-state index is 12.2. The number of aromatic hydroxyl groups is 1. The molecule has 1 heterocycles. The first-order valence-electron chi connectivity index (χ1n) is 6.36. The molecule has 0 aliphatic carbocycles. The normalized spacial score (nSPS) is 11.6. The Morgan fingerprint density at radius 1 is 1.27 bits per heavy atom. The molecule has 0 saturated heterocycles. The fraction of sp³-hybridized carbons (Fsp3) is 0.214. The average molecular weight is 340 g/mol. The lowest BCUT2D eigenvalue weighted by atomic mass is 10.3. The van der Waals surface area contributed by atoms with E-state index >= 15 is 0 Å². The summed E-state index contributed by atoms with van der Waals surface area (Å²) in [5, 5.41) is 12.2. The number of hydrogen-bond acceptors (Lipinski definition) is 5. The molecule has 6 nitrogen and oxygen atoms in total. The summed E-state index contributed by atoms with van der Waals surface area (Å²) < 4.78 is 25.4. The highest BCUT2D eigenvalue weighted by molar-refractivity contribution is 7.89. The van der Waals surface area contributed by atoms with Crippen molar-refractivity contribution in [2.75, 3.05) is 19.4 Å². The molecule has 0 aliphatic rings. The first kappa shape index (κ1) is 16.5. The number of aryl methyl sites for hydroxylation is 1. The predicted molar refractivity (Wildman–Crippen MR) is 86.0 cm³/mol. The highest BCUT2D eigenvalue weighted by atomic mass is 32.2. The van der Waals surface area contributed by atoms with Gasteiger partial charge in [0.05, 0.1) is 15.5 Å². The molecule has 0 bridgehead atoms. The van der Waals surface area contributed by atoms with E-state index in [9.17, 15) is 18.3 Å². The van der Waals surface area contributed by atoms with Gasteiger partial charge in [0.25, 0.3) is 5.91 Å². The summed E-state index contributed by atoms with van der Waals surface area (Å²) in [6.45, 7) is 1.65. The van der Waals surface area contributed by atoms with E-state index in [1.165, 1.54) is 26.2 Å². The lowest BCUT2D eigenvalue weighted by molar-refractivity contribution is 0.103. The predicted octanol–water partition coefficient (Wildman–Crippen LogP) is 2.26. The lowest BCUT2D eigenvalue weighted by Gasteiger charge is -2.10. The van der Waals surface area contributed by atoms with Crippen molar-refractivity contribution in [3.63, 3.8) is 0 Å². The van der Waals surface area contributed by atoms with Gasteiger partial charge in [-0.15, -0.1) is 11.3 Å². The molecular formula is C14H16N2O4S2. The number of thiophene rings is 1. The van der Waals surface area contributed by atoms with E-state index in [0.717, 1.165) is 15.6 Å². The fourth-order valence-electron chi connectivity index (χ4n) is 1.79. The molecule has 1 aromatic heterocycles. The smallest absolute Gasteiger partial charge is 0.265 e. The second kappa shape index (κ2) is 6.07. The number of amides is 1. The van der Waals surface area contributed by atoms with Crippen LogP contribution in [0.5, 0.6) is 5.75 Å². The van der Waals surface area contributed by atoms with Crippen molar-refractivity contribution >= 4 is 33.0 Å². The third-order valence-electron chi connectivity index (χ3n) is 3.01. The van der Waals surface area contributed by atoms with Crippen LogP contribution < -0.4 is 5.32 Å². The Hall–Kier alpha value is -1.90. The molecule has 22 heavy (non-hydrogen) atoms. The van der Waals surface area contributed by atoms with Crippen LogP contribution in [0.3, 0.4) is 0 Å². The van der Waals surface area contributed by atoms with Crippen molar-refractivity contribution in [1.82, 2.24) is 4.31 Å². The number of hydrogen-bond donors (Lipinski definition) is 2. The van der Waals surface area contributed by atoms with E-state index in [0.29, 0.717) is 4.88 Å².